The van der Waals surface area contributed by atoms with E-state index in [1.807, 2.05) is 0 Å². The standard InChI is InChI=1S/C9H14N2O2/c1-13-9(12)8(11-10)7-5-3-2-4-6-7/h7H,2-6H2,1H3. The summed E-state index contributed by atoms with van der Waals surface area (Å²) in [5, 5.41) is 0. The zero-order valence-corrected chi connectivity index (χ0v) is 7.82. The van der Waals surface area contributed by atoms with E-state index in [0.29, 0.717) is 0 Å². The monoisotopic (exact) mass is 182 g/mol. The molecule has 0 atom stereocenters. The summed E-state index contributed by atoms with van der Waals surface area (Å²) in [4.78, 5) is 14.2. The van der Waals surface area contributed by atoms with Gasteiger partial charge in [0, 0.05) is 0 Å². The van der Waals surface area contributed by atoms with E-state index in [2.05, 4.69) is 9.53 Å². The second-order valence-electron chi connectivity index (χ2n) is 3.31. The first-order valence-corrected chi connectivity index (χ1v) is 4.60. The lowest BCUT2D eigenvalue weighted by atomic mass is 9.86. The van der Waals surface area contributed by atoms with Crippen LogP contribution in [0.4, 0.5) is 0 Å². The molecular weight excluding hydrogens is 168 g/mol. The van der Waals surface area contributed by atoms with Crippen LogP contribution in [0.5, 0.6) is 0 Å². The molecule has 0 N–H and O–H groups in total. The fourth-order valence-corrected chi connectivity index (χ4v) is 1.77. The Morgan fingerprint density at radius 3 is 2.46 bits per heavy atom. The van der Waals surface area contributed by atoms with E-state index in [0.717, 1.165) is 25.7 Å². The average Bonchev–Trinajstić information content (AvgIpc) is 2.20. The minimum absolute atomic E-state index is 0.0891. The Balaban J connectivity index is 2.66. The molecule has 0 aliphatic heterocycles. The zero-order chi connectivity index (χ0) is 9.68. The summed E-state index contributed by atoms with van der Waals surface area (Å²) in [5.74, 6) is -0.416. The van der Waals surface area contributed by atoms with Gasteiger partial charge in [0.05, 0.1) is 13.0 Å². The maximum absolute atomic E-state index is 11.1. The number of hydrogen-bond acceptors (Lipinski definition) is 2. The summed E-state index contributed by atoms with van der Waals surface area (Å²) in [5.41, 5.74) is 8.85. The van der Waals surface area contributed by atoms with Gasteiger partial charge in [-0.25, -0.2) is 4.79 Å². The molecule has 1 fully saturated rings. The largest absolute Gasteiger partial charge is 0.460 e. The lowest BCUT2D eigenvalue weighted by Crippen LogP contribution is -2.27. The molecule has 72 valence electrons. The van der Waals surface area contributed by atoms with Crippen LogP contribution in [0, 0.1) is 5.92 Å². The normalized spacial score (nSPS) is 17.6. The van der Waals surface area contributed by atoms with E-state index >= 15 is 0 Å². The van der Waals surface area contributed by atoms with Crippen LogP contribution in [0.25, 0.3) is 5.53 Å². The quantitative estimate of drug-likeness (QED) is 0.280. The number of carbonyl (C=O) groups is 1. The molecule has 1 aliphatic rings. The number of hydrogen-bond donors (Lipinski definition) is 0. The molecule has 0 bridgehead atoms. The van der Waals surface area contributed by atoms with Crippen LogP contribution in [0.1, 0.15) is 32.1 Å². The molecule has 13 heavy (non-hydrogen) atoms. The molecule has 1 rings (SSSR count). The molecule has 0 aromatic carbocycles. The predicted molar refractivity (Wildman–Crippen MR) is 47.2 cm³/mol. The number of ether oxygens (including phenoxy) is 1. The Labute approximate surface area is 77.5 Å². The van der Waals surface area contributed by atoms with Crippen molar-refractivity contribution in [3.63, 3.8) is 0 Å². The van der Waals surface area contributed by atoms with Gasteiger partial charge < -0.3 is 10.3 Å². The van der Waals surface area contributed by atoms with Gasteiger partial charge in [0.25, 0.3) is 0 Å². The summed E-state index contributed by atoms with van der Waals surface area (Å²) >= 11 is 0. The van der Waals surface area contributed by atoms with E-state index in [1.54, 1.807) is 0 Å². The molecule has 4 nitrogen and oxygen atoms in total. The highest BCUT2D eigenvalue weighted by Gasteiger charge is 2.32. The Bertz CT molecular complexity index is 238. The molecule has 1 aliphatic carbocycles. The van der Waals surface area contributed by atoms with Crippen molar-refractivity contribution in [1.29, 1.82) is 0 Å². The first-order chi connectivity index (χ1) is 6.29. The van der Waals surface area contributed by atoms with Crippen molar-refractivity contribution in [3.8, 4) is 0 Å². The molecule has 0 heterocycles. The highest BCUT2D eigenvalue weighted by molar-refractivity contribution is 6.34. The minimum atomic E-state index is -0.505. The van der Waals surface area contributed by atoms with Gasteiger partial charge in [-0.05, 0) is 12.8 Å². The molecule has 0 unspecified atom stereocenters. The summed E-state index contributed by atoms with van der Waals surface area (Å²) in [6.45, 7) is 0. The summed E-state index contributed by atoms with van der Waals surface area (Å²) in [6, 6.07) is 0. The van der Waals surface area contributed by atoms with Crippen LogP contribution < -0.4 is 0 Å². The van der Waals surface area contributed by atoms with Crippen LogP contribution in [-0.2, 0) is 9.53 Å². The van der Waals surface area contributed by atoms with E-state index in [1.165, 1.54) is 13.5 Å². The molecule has 0 aromatic rings. The molecule has 4 heteroatoms. The van der Waals surface area contributed by atoms with Crippen molar-refractivity contribution >= 4 is 11.7 Å². The Hall–Kier alpha value is -1.15. The maximum Gasteiger partial charge on any atom is 0.416 e. The Morgan fingerprint density at radius 1 is 1.38 bits per heavy atom. The smallest absolute Gasteiger partial charge is 0.416 e. The van der Waals surface area contributed by atoms with Crippen molar-refractivity contribution in [2.24, 2.45) is 5.92 Å². The van der Waals surface area contributed by atoms with E-state index in [4.69, 9.17) is 5.53 Å². The SMILES string of the molecule is COC(=O)C(=[N+]=[N-])C1CCCCC1. The van der Waals surface area contributed by atoms with Gasteiger partial charge >= 0.3 is 11.7 Å². The van der Waals surface area contributed by atoms with Gasteiger partial charge in [0.15, 0.2) is 0 Å². The average molecular weight is 182 g/mol. The van der Waals surface area contributed by atoms with Crippen LogP contribution in [0.15, 0.2) is 0 Å². The fraction of sp³-hybridized carbons (Fsp3) is 0.778. The summed E-state index contributed by atoms with van der Waals surface area (Å²) < 4.78 is 4.53. The van der Waals surface area contributed by atoms with Gasteiger partial charge in [-0.2, -0.15) is 4.79 Å². The molecule has 0 saturated heterocycles. The van der Waals surface area contributed by atoms with Crippen LogP contribution in [0.3, 0.4) is 0 Å². The minimum Gasteiger partial charge on any atom is -0.460 e. The Morgan fingerprint density at radius 2 is 2.00 bits per heavy atom. The maximum atomic E-state index is 11.1. The van der Waals surface area contributed by atoms with Crippen molar-refractivity contribution in [3.05, 3.63) is 5.53 Å². The van der Waals surface area contributed by atoms with Crippen LogP contribution >= 0.6 is 0 Å². The molecule has 1 saturated carbocycles. The van der Waals surface area contributed by atoms with Gasteiger partial charge in [0.1, 0.15) is 0 Å². The number of rotatable bonds is 2. The first-order valence-electron chi connectivity index (χ1n) is 4.60. The first kappa shape index (κ1) is 9.93. The lowest BCUT2D eigenvalue weighted by molar-refractivity contribution is -0.138. The van der Waals surface area contributed by atoms with Gasteiger partial charge in [0.2, 0.25) is 0 Å². The van der Waals surface area contributed by atoms with Crippen LogP contribution in [0.2, 0.25) is 0 Å². The molecule has 0 amide bonds. The van der Waals surface area contributed by atoms with E-state index in [9.17, 15) is 4.79 Å². The highest BCUT2D eigenvalue weighted by Crippen LogP contribution is 2.24. The van der Waals surface area contributed by atoms with Crippen molar-refractivity contribution in [1.82, 2.24) is 0 Å². The van der Waals surface area contributed by atoms with Gasteiger partial charge in [-0.1, -0.05) is 19.3 Å². The second kappa shape index (κ2) is 4.77. The Kier molecular flexibility index (Phi) is 3.65. The molecule has 0 spiro atoms. The third kappa shape index (κ3) is 2.39. The molecule has 0 aromatic heterocycles. The van der Waals surface area contributed by atoms with Crippen molar-refractivity contribution in [2.75, 3.05) is 7.11 Å². The van der Waals surface area contributed by atoms with Crippen molar-refractivity contribution < 1.29 is 14.3 Å². The number of methoxy groups -OCH3 is 1. The van der Waals surface area contributed by atoms with Gasteiger partial charge in [-0.15, -0.1) is 0 Å². The molecular formula is C9H14N2O2. The van der Waals surface area contributed by atoms with Crippen LogP contribution in [-0.4, -0.2) is 23.6 Å². The number of esters is 1. The topological polar surface area (TPSA) is 62.7 Å². The zero-order valence-electron chi connectivity index (χ0n) is 7.82. The lowest BCUT2D eigenvalue weighted by Gasteiger charge is -2.16. The second-order valence-corrected chi connectivity index (χ2v) is 3.31. The third-order valence-electron chi connectivity index (χ3n) is 2.49. The van der Waals surface area contributed by atoms with Crippen molar-refractivity contribution in [2.45, 2.75) is 32.1 Å². The summed E-state index contributed by atoms with van der Waals surface area (Å²) in [7, 11) is 1.30. The summed E-state index contributed by atoms with van der Waals surface area (Å²) in [6.07, 6.45) is 5.25. The van der Waals surface area contributed by atoms with E-state index < -0.39 is 5.97 Å². The predicted octanol–water partition coefficient (Wildman–Crippen LogP) is 1.41. The molecule has 0 radical (unpaired) electrons. The highest BCUT2D eigenvalue weighted by atomic mass is 16.5. The number of nitrogens with zero attached hydrogens (tertiary/aromatic N) is 2. The van der Waals surface area contributed by atoms with Gasteiger partial charge in [-0.3, -0.25) is 0 Å². The number of carbonyl (C=O) groups excluding carboxylic acids is 1. The van der Waals surface area contributed by atoms with E-state index in [-0.39, 0.29) is 11.6 Å². The fourth-order valence-electron chi connectivity index (χ4n) is 1.77. The third-order valence-corrected chi connectivity index (χ3v) is 2.49.